The molecule has 1 aliphatic rings. The number of carbonyl (C=O) groups excluding carboxylic acids is 2. The third kappa shape index (κ3) is 4.29. The van der Waals surface area contributed by atoms with Gasteiger partial charge in [-0.15, -0.1) is 0 Å². The Morgan fingerprint density at radius 1 is 0.935 bits per heavy atom. The number of nitrogens with one attached hydrogen (secondary N) is 1. The van der Waals surface area contributed by atoms with Gasteiger partial charge in [0.1, 0.15) is 5.75 Å². The van der Waals surface area contributed by atoms with Crippen molar-refractivity contribution in [3.05, 3.63) is 102 Å². The Labute approximate surface area is 180 Å². The van der Waals surface area contributed by atoms with Gasteiger partial charge in [-0.2, -0.15) is 0 Å². The number of ether oxygens (including phenoxy) is 2. The largest absolute Gasteiger partial charge is 0.493 e. The van der Waals surface area contributed by atoms with Gasteiger partial charge in [0.2, 0.25) is 5.60 Å². The normalized spacial score (nSPS) is 15.3. The van der Waals surface area contributed by atoms with Gasteiger partial charge in [-0.25, -0.2) is 4.79 Å². The summed E-state index contributed by atoms with van der Waals surface area (Å²) in [7, 11) is 0. The molecule has 3 aromatic carbocycles. The van der Waals surface area contributed by atoms with Crippen molar-refractivity contribution in [3.8, 4) is 5.75 Å². The fourth-order valence-electron chi connectivity index (χ4n) is 3.72. The number of benzene rings is 3. The maximum Gasteiger partial charge on any atom is 0.348 e. The molecule has 0 aromatic heterocycles. The lowest BCUT2D eigenvalue weighted by Gasteiger charge is -2.28. The molecule has 1 unspecified atom stereocenters. The smallest absolute Gasteiger partial charge is 0.348 e. The first-order chi connectivity index (χ1) is 15.1. The quantitative estimate of drug-likeness (QED) is 0.602. The van der Waals surface area contributed by atoms with Crippen LogP contribution in [0.1, 0.15) is 29.2 Å². The number of para-hydroxylation sites is 1. The lowest BCUT2D eigenvalue weighted by molar-refractivity contribution is -0.164. The van der Waals surface area contributed by atoms with Crippen LogP contribution in [0.15, 0.2) is 84.9 Å². The molecule has 2 N–H and O–H groups in total. The lowest BCUT2D eigenvalue weighted by Crippen LogP contribution is -2.41. The van der Waals surface area contributed by atoms with Gasteiger partial charge in [0.25, 0.3) is 5.91 Å². The van der Waals surface area contributed by atoms with Gasteiger partial charge < -0.3 is 19.9 Å². The highest BCUT2D eigenvalue weighted by atomic mass is 16.6. The zero-order chi connectivity index (χ0) is 21.7. The summed E-state index contributed by atoms with van der Waals surface area (Å²) >= 11 is 0. The minimum absolute atomic E-state index is 0.224. The van der Waals surface area contributed by atoms with E-state index in [2.05, 4.69) is 5.32 Å². The van der Waals surface area contributed by atoms with Crippen LogP contribution in [0.3, 0.4) is 0 Å². The average molecular weight is 417 g/mol. The number of rotatable bonds is 6. The summed E-state index contributed by atoms with van der Waals surface area (Å²) in [6, 6.07) is 24.4. The first-order valence-corrected chi connectivity index (χ1v) is 10.1. The van der Waals surface area contributed by atoms with E-state index in [1.807, 2.05) is 24.3 Å². The molecule has 0 saturated carbocycles. The predicted octanol–water partition coefficient (Wildman–Crippen LogP) is 3.11. The number of fused-ring (bicyclic) bond motifs is 1. The van der Waals surface area contributed by atoms with Gasteiger partial charge in [0.15, 0.2) is 6.61 Å². The summed E-state index contributed by atoms with van der Waals surface area (Å²) in [5.41, 5.74) is -0.401. The molecule has 1 amide bonds. The molecule has 6 heteroatoms. The Balaban J connectivity index is 1.47. The molecule has 3 aromatic rings. The van der Waals surface area contributed by atoms with E-state index in [9.17, 15) is 14.7 Å². The Kier molecular flexibility index (Phi) is 6.00. The molecule has 0 aliphatic carbocycles. The Morgan fingerprint density at radius 3 is 2.16 bits per heavy atom. The van der Waals surface area contributed by atoms with Crippen molar-refractivity contribution < 1.29 is 24.2 Å². The van der Waals surface area contributed by atoms with E-state index in [0.29, 0.717) is 24.2 Å². The van der Waals surface area contributed by atoms with E-state index < -0.39 is 24.1 Å². The van der Waals surface area contributed by atoms with Crippen LogP contribution in [0.4, 0.5) is 0 Å². The van der Waals surface area contributed by atoms with Crippen molar-refractivity contribution in [1.82, 2.24) is 5.32 Å². The second-order valence-electron chi connectivity index (χ2n) is 7.31. The average Bonchev–Trinajstić information content (AvgIpc) is 2.83. The molecule has 0 bridgehead atoms. The molecule has 1 aliphatic heterocycles. The van der Waals surface area contributed by atoms with Gasteiger partial charge in [-0.05, 0) is 17.2 Å². The summed E-state index contributed by atoms with van der Waals surface area (Å²) in [4.78, 5) is 25.5. The Bertz CT molecular complexity index is 1010. The molecule has 0 spiro atoms. The number of esters is 1. The Morgan fingerprint density at radius 2 is 1.52 bits per heavy atom. The highest BCUT2D eigenvalue weighted by Gasteiger charge is 2.42. The van der Waals surface area contributed by atoms with Crippen LogP contribution in [0.5, 0.6) is 5.75 Å². The molecule has 158 valence electrons. The van der Waals surface area contributed by atoms with E-state index >= 15 is 0 Å². The van der Waals surface area contributed by atoms with Crippen molar-refractivity contribution in [2.24, 2.45) is 0 Å². The topological polar surface area (TPSA) is 84.9 Å². The predicted molar refractivity (Wildman–Crippen MR) is 114 cm³/mol. The van der Waals surface area contributed by atoms with Crippen molar-refractivity contribution in [3.63, 3.8) is 0 Å². The second kappa shape index (κ2) is 9.02. The van der Waals surface area contributed by atoms with Crippen molar-refractivity contribution in [1.29, 1.82) is 0 Å². The van der Waals surface area contributed by atoms with E-state index in [1.165, 1.54) is 0 Å². The van der Waals surface area contributed by atoms with Crippen LogP contribution in [0.25, 0.3) is 0 Å². The fourth-order valence-corrected chi connectivity index (χ4v) is 3.72. The summed E-state index contributed by atoms with van der Waals surface area (Å²) in [5, 5.41) is 14.2. The maximum atomic E-state index is 13.0. The number of aliphatic hydroxyl groups is 1. The molecular weight excluding hydrogens is 394 g/mol. The van der Waals surface area contributed by atoms with Crippen molar-refractivity contribution in [2.45, 2.75) is 18.1 Å². The van der Waals surface area contributed by atoms with Gasteiger partial charge >= 0.3 is 5.97 Å². The molecule has 6 nitrogen and oxygen atoms in total. The van der Waals surface area contributed by atoms with Gasteiger partial charge in [-0.1, -0.05) is 78.9 Å². The number of hydrogen-bond donors (Lipinski definition) is 2. The zero-order valence-corrected chi connectivity index (χ0v) is 16.9. The van der Waals surface area contributed by atoms with Crippen LogP contribution >= 0.6 is 0 Å². The first kappa shape index (κ1) is 20.6. The molecular formula is C25H23NO5. The van der Waals surface area contributed by atoms with Crippen LogP contribution in [-0.2, 0) is 19.9 Å². The SMILES string of the molecule is O=C(COC(=O)C(O)(c1ccccc1)c1ccccc1)NC1CCOc2ccccc21. The fraction of sp³-hybridized carbons (Fsp3) is 0.200. The molecule has 4 rings (SSSR count). The monoisotopic (exact) mass is 417 g/mol. The first-order valence-electron chi connectivity index (χ1n) is 10.1. The summed E-state index contributed by atoms with van der Waals surface area (Å²) in [5.74, 6) is -0.621. The third-order valence-corrected chi connectivity index (χ3v) is 5.31. The Hall–Kier alpha value is -3.64. The molecule has 0 saturated heterocycles. The van der Waals surface area contributed by atoms with Crippen LogP contribution in [0.2, 0.25) is 0 Å². The zero-order valence-electron chi connectivity index (χ0n) is 16.9. The highest BCUT2D eigenvalue weighted by Crippen LogP contribution is 2.32. The molecule has 31 heavy (non-hydrogen) atoms. The summed E-state index contributed by atoms with van der Waals surface area (Å²) in [6.45, 7) is -0.0101. The van der Waals surface area contributed by atoms with Crippen LogP contribution in [-0.4, -0.2) is 30.2 Å². The third-order valence-electron chi connectivity index (χ3n) is 5.31. The van der Waals surface area contributed by atoms with E-state index in [4.69, 9.17) is 9.47 Å². The van der Waals surface area contributed by atoms with E-state index in [-0.39, 0.29) is 6.04 Å². The van der Waals surface area contributed by atoms with Crippen LogP contribution < -0.4 is 10.1 Å². The number of hydrogen-bond acceptors (Lipinski definition) is 5. The van der Waals surface area contributed by atoms with E-state index in [1.54, 1.807) is 60.7 Å². The van der Waals surface area contributed by atoms with Crippen LogP contribution in [0, 0.1) is 0 Å². The van der Waals surface area contributed by atoms with Gasteiger partial charge in [0, 0.05) is 12.0 Å². The van der Waals surface area contributed by atoms with Gasteiger partial charge in [-0.3, -0.25) is 4.79 Å². The summed E-state index contributed by atoms with van der Waals surface area (Å²) < 4.78 is 10.9. The highest BCUT2D eigenvalue weighted by molar-refractivity contribution is 5.88. The minimum Gasteiger partial charge on any atom is -0.493 e. The van der Waals surface area contributed by atoms with Crippen molar-refractivity contribution in [2.75, 3.05) is 13.2 Å². The number of amides is 1. The second-order valence-corrected chi connectivity index (χ2v) is 7.31. The van der Waals surface area contributed by atoms with Crippen molar-refractivity contribution >= 4 is 11.9 Å². The van der Waals surface area contributed by atoms with Gasteiger partial charge in [0.05, 0.1) is 12.6 Å². The molecule has 1 atom stereocenters. The standard InChI is InChI=1S/C25H23NO5/c27-23(26-21-15-16-30-22-14-8-7-13-20(21)22)17-31-24(28)25(29,18-9-3-1-4-10-18)19-11-5-2-6-12-19/h1-14,21,29H,15-17H2,(H,26,27). The molecule has 0 radical (unpaired) electrons. The molecule has 0 fully saturated rings. The van der Waals surface area contributed by atoms with E-state index in [0.717, 1.165) is 11.3 Å². The minimum atomic E-state index is -2.02. The number of carbonyl (C=O) groups is 2. The molecule has 1 heterocycles. The lowest BCUT2D eigenvalue weighted by atomic mass is 9.86. The maximum absolute atomic E-state index is 13.0. The summed E-state index contributed by atoms with van der Waals surface area (Å²) in [6.07, 6.45) is 0.620.